The minimum Gasteiger partial charge on any atom is -0.313 e. The van der Waals surface area contributed by atoms with Crippen LogP contribution in [0.4, 0.5) is 0 Å². The molecule has 0 radical (unpaired) electrons. The lowest BCUT2D eigenvalue weighted by molar-refractivity contribution is 0.694. The zero-order chi connectivity index (χ0) is 9.52. The van der Waals surface area contributed by atoms with Gasteiger partial charge in [-0.05, 0) is 43.7 Å². The largest absolute Gasteiger partial charge is 0.313 e. The molecule has 1 nitrogen and oxygen atoms in total. The van der Waals surface area contributed by atoms with Crippen LogP contribution in [0.3, 0.4) is 0 Å². The van der Waals surface area contributed by atoms with E-state index in [2.05, 4.69) is 37.0 Å². The summed E-state index contributed by atoms with van der Waals surface area (Å²) in [5.74, 6) is 3.55. The fourth-order valence-electron chi connectivity index (χ4n) is 1.61. The van der Waals surface area contributed by atoms with E-state index < -0.39 is 0 Å². The van der Waals surface area contributed by atoms with Gasteiger partial charge < -0.3 is 5.32 Å². The highest BCUT2D eigenvalue weighted by molar-refractivity contribution is 7.99. The first-order valence-corrected chi connectivity index (χ1v) is 6.44. The van der Waals surface area contributed by atoms with Crippen molar-refractivity contribution in [1.82, 2.24) is 5.32 Å². The Labute approximate surface area is 86.4 Å². The second-order valence-corrected chi connectivity index (χ2v) is 4.96. The van der Waals surface area contributed by atoms with Crippen LogP contribution >= 0.6 is 11.8 Å². The lowest BCUT2D eigenvalue weighted by atomic mass is 10.1. The van der Waals surface area contributed by atoms with Gasteiger partial charge in [-0.1, -0.05) is 18.6 Å². The Balaban J connectivity index is 2.16. The van der Waals surface area contributed by atoms with E-state index in [4.69, 9.17) is 0 Å². The Bertz CT molecular complexity index is 159. The van der Waals surface area contributed by atoms with Crippen LogP contribution in [0.2, 0.25) is 0 Å². The molecular weight excluding hydrogens is 178 g/mol. The Morgan fingerprint density at radius 2 is 2.46 bits per heavy atom. The van der Waals surface area contributed by atoms with E-state index in [9.17, 15) is 0 Å². The lowest BCUT2D eigenvalue weighted by Gasteiger charge is -2.06. The molecule has 0 saturated carbocycles. The predicted octanol–water partition coefficient (Wildman–Crippen LogP) is 2.69. The van der Waals surface area contributed by atoms with Gasteiger partial charge in [0.1, 0.15) is 0 Å². The minimum atomic E-state index is 0.855. The molecule has 0 aromatic heterocycles. The maximum absolute atomic E-state index is 3.43. The molecule has 0 aromatic rings. The van der Waals surface area contributed by atoms with E-state index in [0.717, 1.165) is 19.0 Å². The molecule has 76 valence electrons. The van der Waals surface area contributed by atoms with Gasteiger partial charge in [0, 0.05) is 6.54 Å². The molecule has 13 heavy (non-hydrogen) atoms. The predicted molar refractivity (Wildman–Crippen MR) is 62.3 cm³/mol. The highest BCUT2D eigenvalue weighted by Gasteiger charge is 2.12. The number of nitrogens with one attached hydrogen (secondary N) is 1. The van der Waals surface area contributed by atoms with E-state index in [-0.39, 0.29) is 0 Å². The van der Waals surface area contributed by atoms with Crippen molar-refractivity contribution in [2.75, 3.05) is 24.6 Å². The maximum Gasteiger partial charge on any atom is 0.0161 e. The first kappa shape index (κ1) is 11.1. The summed E-state index contributed by atoms with van der Waals surface area (Å²) in [6.45, 7) is 6.67. The van der Waals surface area contributed by atoms with Crippen molar-refractivity contribution in [2.45, 2.75) is 26.7 Å². The summed E-state index contributed by atoms with van der Waals surface area (Å²) in [5, 5.41) is 3.43. The van der Waals surface area contributed by atoms with Crippen LogP contribution in [-0.4, -0.2) is 24.6 Å². The van der Waals surface area contributed by atoms with Gasteiger partial charge >= 0.3 is 0 Å². The summed E-state index contributed by atoms with van der Waals surface area (Å²) in [5.41, 5.74) is 1.51. The van der Waals surface area contributed by atoms with Crippen LogP contribution in [0.25, 0.3) is 0 Å². The van der Waals surface area contributed by atoms with E-state index >= 15 is 0 Å². The van der Waals surface area contributed by atoms with Crippen LogP contribution in [-0.2, 0) is 0 Å². The Kier molecular flexibility index (Phi) is 5.56. The third kappa shape index (κ3) is 4.72. The molecule has 0 aliphatic carbocycles. The quantitative estimate of drug-likeness (QED) is 0.540. The van der Waals surface area contributed by atoms with E-state index in [1.54, 1.807) is 0 Å². The van der Waals surface area contributed by atoms with Gasteiger partial charge in [0.25, 0.3) is 0 Å². The van der Waals surface area contributed by atoms with Crippen molar-refractivity contribution in [3.63, 3.8) is 0 Å². The van der Waals surface area contributed by atoms with Crippen molar-refractivity contribution in [1.29, 1.82) is 0 Å². The van der Waals surface area contributed by atoms with Crippen LogP contribution in [0.5, 0.6) is 0 Å². The number of thioether (sulfide) groups is 1. The normalized spacial score (nSPS) is 23.8. The zero-order valence-electron chi connectivity index (χ0n) is 8.81. The molecular formula is C11H21NS. The fourth-order valence-corrected chi connectivity index (χ4v) is 2.81. The second-order valence-electron chi connectivity index (χ2n) is 3.81. The molecule has 1 saturated heterocycles. The molecule has 2 heteroatoms. The zero-order valence-corrected chi connectivity index (χ0v) is 9.62. The van der Waals surface area contributed by atoms with Crippen molar-refractivity contribution >= 4 is 11.8 Å². The summed E-state index contributed by atoms with van der Waals surface area (Å²) in [4.78, 5) is 0. The summed E-state index contributed by atoms with van der Waals surface area (Å²) >= 11 is 2.09. The van der Waals surface area contributed by atoms with Crippen molar-refractivity contribution in [3.05, 3.63) is 11.6 Å². The number of hydrogen-bond acceptors (Lipinski definition) is 2. The maximum atomic E-state index is 3.43. The summed E-state index contributed by atoms with van der Waals surface area (Å²) in [6, 6.07) is 0. The van der Waals surface area contributed by atoms with Crippen molar-refractivity contribution in [2.24, 2.45) is 5.92 Å². The molecule has 1 aliphatic heterocycles. The molecule has 1 unspecified atom stereocenters. The molecule has 0 amide bonds. The molecule has 0 spiro atoms. The van der Waals surface area contributed by atoms with E-state index in [0.29, 0.717) is 0 Å². The highest BCUT2D eigenvalue weighted by atomic mass is 32.2. The monoisotopic (exact) mass is 199 g/mol. The summed E-state index contributed by atoms with van der Waals surface area (Å²) in [7, 11) is 0. The number of allylic oxidation sites excluding steroid dienone is 1. The SMILES string of the molecule is CCCNCC(C)=CC1CCSC1. The van der Waals surface area contributed by atoms with Gasteiger partial charge in [0.15, 0.2) is 0 Å². The topological polar surface area (TPSA) is 12.0 Å². The molecule has 0 aromatic carbocycles. The highest BCUT2D eigenvalue weighted by Crippen LogP contribution is 2.25. The van der Waals surface area contributed by atoms with Crippen molar-refractivity contribution in [3.8, 4) is 0 Å². The smallest absolute Gasteiger partial charge is 0.0161 e. The first-order valence-electron chi connectivity index (χ1n) is 5.28. The third-order valence-corrected chi connectivity index (χ3v) is 3.50. The van der Waals surface area contributed by atoms with Crippen LogP contribution < -0.4 is 5.32 Å². The van der Waals surface area contributed by atoms with Gasteiger partial charge in [-0.2, -0.15) is 11.8 Å². The Hall–Kier alpha value is 0.0500. The van der Waals surface area contributed by atoms with E-state index in [1.165, 1.54) is 29.9 Å². The lowest BCUT2D eigenvalue weighted by Crippen LogP contribution is -2.17. The van der Waals surface area contributed by atoms with Crippen LogP contribution in [0, 0.1) is 5.92 Å². The number of hydrogen-bond donors (Lipinski definition) is 1. The second kappa shape index (κ2) is 6.50. The van der Waals surface area contributed by atoms with Crippen LogP contribution in [0.15, 0.2) is 11.6 Å². The fraction of sp³-hybridized carbons (Fsp3) is 0.818. The molecule has 1 rings (SSSR count). The minimum absolute atomic E-state index is 0.855. The van der Waals surface area contributed by atoms with Crippen molar-refractivity contribution < 1.29 is 0 Å². The average molecular weight is 199 g/mol. The molecule has 1 aliphatic rings. The number of rotatable bonds is 5. The Morgan fingerprint density at radius 3 is 3.08 bits per heavy atom. The molecule has 1 heterocycles. The van der Waals surface area contributed by atoms with Gasteiger partial charge in [0.05, 0.1) is 0 Å². The summed E-state index contributed by atoms with van der Waals surface area (Å²) < 4.78 is 0. The molecule has 1 atom stereocenters. The van der Waals surface area contributed by atoms with Gasteiger partial charge in [-0.25, -0.2) is 0 Å². The van der Waals surface area contributed by atoms with Crippen LogP contribution in [0.1, 0.15) is 26.7 Å². The van der Waals surface area contributed by atoms with Gasteiger partial charge in [-0.3, -0.25) is 0 Å². The molecule has 0 bridgehead atoms. The van der Waals surface area contributed by atoms with Gasteiger partial charge in [-0.15, -0.1) is 0 Å². The Morgan fingerprint density at radius 1 is 1.62 bits per heavy atom. The third-order valence-electron chi connectivity index (χ3n) is 2.32. The van der Waals surface area contributed by atoms with E-state index in [1.807, 2.05) is 0 Å². The average Bonchev–Trinajstić information content (AvgIpc) is 2.57. The summed E-state index contributed by atoms with van der Waals surface area (Å²) in [6.07, 6.45) is 5.07. The standard InChI is InChI=1S/C11H21NS/c1-3-5-12-8-10(2)7-11-4-6-13-9-11/h7,11-12H,3-6,8-9H2,1-2H3. The molecule has 1 N–H and O–H groups in total. The van der Waals surface area contributed by atoms with Gasteiger partial charge in [0.2, 0.25) is 0 Å². The molecule has 1 fully saturated rings. The first-order chi connectivity index (χ1) is 6.33.